The number of nitrogens with one attached hydrogen (secondary N) is 1. The van der Waals surface area contributed by atoms with Crippen molar-refractivity contribution in [2.75, 3.05) is 37.6 Å². The van der Waals surface area contributed by atoms with E-state index in [4.69, 9.17) is 0 Å². The van der Waals surface area contributed by atoms with Crippen molar-refractivity contribution < 1.29 is 9.59 Å². The number of carbonyl (C=O) groups is 2. The Kier molecular flexibility index (Phi) is 5.03. The number of aryl methyl sites for hydroxylation is 1. The molecule has 33 heavy (non-hydrogen) atoms. The highest BCUT2D eigenvalue weighted by Gasteiger charge is 2.51. The normalized spacial score (nSPS) is 30.8. The number of piperazine rings is 1. The number of hydrogen-bond donors (Lipinski definition) is 1. The number of nitrogens with zero attached hydrogens (tertiary/aromatic N) is 6. The summed E-state index contributed by atoms with van der Waals surface area (Å²) in [6.45, 7) is 4.73. The van der Waals surface area contributed by atoms with E-state index in [1.165, 1.54) is 44.9 Å². The molecule has 0 atom stereocenters. The second-order valence-corrected chi connectivity index (χ2v) is 11.0. The maximum absolute atomic E-state index is 12.8. The summed E-state index contributed by atoms with van der Waals surface area (Å²) in [6.07, 6.45) is 9.91. The summed E-state index contributed by atoms with van der Waals surface area (Å²) in [5, 5.41) is 7.24. The van der Waals surface area contributed by atoms with Crippen molar-refractivity contribution in [3.63, 3.8) is 0 Å². The van der Waals surface area contributed by atoms with E-state index < -0.39 is 0 Å². The first-order valence-electron chi connectivity index (χ1n) is 12.4. The van der Waals surface area contributed by atoms with Gasteiger partial charge in [-0.1, -0.05) is 0 Å². The lowest BCUT2D eigenvalue weighted by molar-refractivity contribution is -0.135. The fourth-order valence-electron chi connectivity index (χ4n) is 7.52. The lowest BCUT2D eigenvalue weighted by atomic mass is 9.49. The smallest absolute Gasteiger partial charge is 0.254 e. The Hall–Kier alpha value is -2.71. The van der Waals surface area contributed by atoms with Gasteiger partial charge in [-0.25, -0.2) is 4.98 Å². The molecule has 2 aromatic rings. The number of rotatable bonds is 5. The van der Waals surface area contributed by atoms with Gasteiger partial charge in [-0.3, -0.25) is 9.59 Å². The van der Waals surface area contributed by atoms with Gasteiger partial charge in [0.05, 0.1) is 6.54 Å². The van der Waals surface area contributed by atoms with Crippen molar-refractivity contribution in [1.82, 2.24) is 29.8 Å². The molecule has 176 valence electrons. The van der Waals surface area contributed by atoms with E-state index in [0.717, 1.165) is 29.3 Å². The van der Waals surface area contributed by atoms with Crippen LogP contribution in [0.2, 0.25) is 0 Å². The zero-order valence-corrected chi connectivity index (χ0v) is 19.4. The third-order valence-corrected chi connectivity index (χ3v) is 8.45. The Bertz CT molecular complexity index is 1040. The van der Waals surface area contributed by atoms with Gasteiger partial charge in [-0.2, -0.15) is 14.6 Å². The Labute approximate surface area is 193 Å². The molecule has 0 radical (unpaired) electrons. The molecular formula is C24H33N7O2. The highest BCUT2D eigenvalue weighted by atomic mass is 16.2. The minimum atomic E-state index is 0.00493. The van der Waals surface area contributed by atoms with Crippen LogP contribution in [-0.4, -0.2) is 69.0 Å². The third-order valence-electron chi connectivity index (χ3n) is 8.45. The summed E-state index contributed by atoms with van der Waals surface area (Å²) in [4.78, 5) is 38.2. The van der Waals surface area contributed by atoms with Crippen LogP contribution in [0.15, 0.2) is 12.4 Å². The molecule has 9 nitrogen and oxygen atoms in total. The minimum Gasteiger partial charge on any atom is -0.353 e. The molecule has 4 bridgehead atoms. The van der Waals surface area contributed by atoms with Crippen LogP contribution in [0.4, 0.5) is 5.82 Å². The van der Waals surface area contributed by atoms with Gasteiger partial charge >= 0.3 is 0 Å². The summed E-state index contributed by atoms with van der Waals surface area (Å²) >= 11 is 0. The topological polar surface area (TPSA) is 95.7 Å². The van der Waals surface area contributed by atoms with E-state index >= 15 is 0 Å². The minimum absolute atomic E-state index is 0.00493. The number of amides is 2. The van der Waals surface area contributed by atoms with Crippen LogP contribution in [0.1, 0.15) is 50.6 Å². The average molecular weight is 452 g/mol. The van der Waals surface area contributed by atoms with Gasteiger partial charge in [0.25, 0.3) is 5.78 Å². The lowest BCUT2D eigenvalue weighted by Crippen LogP contribution is -2.52. The maximum Gasteiger partial charge on any atom is 0.254 e. The molecule has 3 heterocycles. The second-order valence-electron chi connectivity index (χ2n) is 11.0. The molecular weight excluding hydrogens is 418 g/mol. The van der Waals surface area contributed by atoms with E-state index in [1.54, 1.807) is 4.52 Å². The molecule has 1 saturated heterocycles. The van der Waals surface area contributed by atoms with Crippen molar-refractivity contribution in [3.05, 3.63) is 18.1 Å². The third kappa shape index (κ3) is 3.95. The summed E-state index contributed by atoms with van der Waals surface area (Å²) in [5.41, 5.74) is 1.11. The summed E-state index contributed by atoms with van der Waals surface area (Å²) in [7, 11) is 0. The number of carbonyl (C=O) groups excluding carboxylic acids is 2. The Morgan fingerprint density at radius 3 is 2.39 bits per heavy atom. The van der Waals surface area contributed by atoms with Crippen LogP contribution in [-0.2, 0) is 9.59 Å². The van der Waals surface area contributed by atoms with Crippen LogP contribution >= 0.6 is 0 Å². The van der Waals surface area contributed by atoms with Gasteiger partial charge in [-0.15, -0.1) is 0 Å². The first kappa shape index (κ1) is 20.9. The second kappa shape index (κ2) is 7.95. The van der Waals surface area contributed by atoms with E-state index in [1.807, 2.05) is 17.9 Å². The molecule has 5 fully saturated rings. The fraction of sp³-hybridized carbons (Fsp3) is 0.708. The average Bonchev–Trinajstić information content (AvgIpc) is 3.24. The first-order valence-corrected chi connectivity index (χ1v) is 12.4. The Morgan fingerprint density at radius 1 is 1.06 bits per heavy atom. The summed E-state index contributed by atoms with van der Waals surface area (Å²) in [6, 6.07) is 2.00. The van der Waals surface area contributed by atoms with Gasteiger partial charge in [-0.05, 0) is 68.6 Å². The molecule has 2 aromatic heterocycles. The Morgan fingerprint density at radius 2 is 1.73 bits per heavy atom. The van der Waals surface area contributed by atoms with Crippen molar-refractivity contribution in [3.8, 4) is 0 Å². The van der Waals surface area contributed by atoms with Gasteiger partial charge in [0.2, 0.25) is 11.8 Å². The van der Waals surface area contributed by atoms with Crippen LogP contribution in [0.25, 0.3) is 5.78 Å². The van der Waals surface area contributed by atoms with E-state index in [-0.39, 0.29) is 23.8 Å². The molecule has 5 aliphatic rings. The molecule has 0 aromatic carbocycles. The highest BCUT2D eigenvalue weighted by molar-refractivity contribution is 5.85. The number of fused-ring (bicyclic) bond motifs is 1. The summed E-state index contributed by atoms with van der Waals surface area (Å²) in [5.74, 6) is 4.12. The van der Waals surface area contributed by atoms with Crippen LogP contribution in [0.5, 0.6) is 0 Å². The van der Waals surface area contributed by atoms with Gasteiger partial charge in [0.15, 0.2) is 0 Å². The number of aromatic nitrogens is 4. The molecule has 4 saturated carbocycles. The van der Waals surface area contributed by atoms with E-state index in [0.29, 0.717) is 38.4 Å². The molecule has 1 aliphatic heterocycles. The van der Waals surface area contributed by atoms with E-state index in [2.05, 4.69) is 25.3 Å². The van der Waals surface area contributed by atoms with Gasteiger partial charge < -0.3 is 15.1 Å². The van der Waals surface area contributed by atoms with Gasteiger partial charge in [0, 0.05) is 44.4 Å². The summed E-state index contributed by atoms with van der Waals surface area (Å²) < 4.78 is 1.75. The Balaban J connectivity index is 1.01. The zero-order chi connectivity index (χ0) is 22.6. The molecule has 0 spiro atoms. The predicted molar refractivity (Wildman–Crippen MR) is 123 cm³/mol. The zero-order valence-electron chi connectivity index (χ0n) is 19.4. The highest BCUT2D eigenvalue weighted by Crippen LogP contribution is 2.61. The fourth-order valence-corrected chi connectivity index (χ4v) is 7.52. The van der Waals surface area contributed by atoms with Crippen LogP contribution in [0.3, 0.4) is 0 Å². The lowest BCUT2D eigenvalue weighted by Gasteiger charge is -2.56. The van der Waals surface area contributed by atoms with Crippen molar-refractivity contribution in [2.24, 2.45) is 23.2 Å². The molecule has 7 rings (SSSR count). The molecule has 0 unspecified atom stereocenters. The SMILES string of the molecule is Cc1cc(N2CCN(C(=O)CNC(=O)CC34CC5CC(CC(C5)C3)C4)CC2)n2ncnc2n1. The largest absolute Gasteiger partial charge is 0.353 e. The van der Waals surface area contributed by atoms with Crippen molar-refractivity contribution in [2.45, 2.75) is 51.9 Å². The van der Waals surface area contributed by atoms with Crippen LogP contribution in [0, 0.1) is 30.1 Å². The van der Waals surface area contributed by atoms with Gasteiger partial charge in [0.1, 0.15) is 12.1 Å². The standard InChI is InChI=1S/C24H33N7O2/c1-16-6-21(31-23(28-16)26-15-27-31)29-2-4-30(5-3-29)22(33)14-25-20(32)13-24-10-17-7-18(11-24)9-19(8-17)12-24/h6,15,17-19H,2-5,7-14H2,1H3,(H,25,32). The van der Waals surface area contributed by atoms with Crippen molar-refractivity contribution in [1.29, 1.82) is 0 Å². The first-order chi connectivity index (χ1) is 16.0. The maximum atomic E-state index is 12.8. The monoisotopic (exact) mass is 451 g/mol. The predicted octanol–water partition coefficient (Wildman–Crippen LogP) is 1.80. The molecule has 1 N–H and O–H groups in total. The molecule has 2 amide bonds. The van der Waals surface area contributed by atoms with Crippen LogP contribution < -0.4 is 10.2 Å². The molecule has 4 aliphatic carbocycles. The van der Waals surface area contributed by atoms with E-state index in [9.17, 15) is 9.59 Å². The quantitative estimate of drug-likeness (QED) is 0.745. The van der Waals surface area contributed by atoms with Crippen molar-refractivity contribution >= 4 is 23.4 Å². The number of anilines is 1. The molecule has 9 heteroatoms. The number of hydrogen-bond acceptors (Lipinski definition) is 6.